The van der Waals surface area contributed by atoms with E-state index in [4.69, 9.17) is 4.42 Å². The van der Waals surface area contributed by atoms with Crippen LogP contribution in [0.4, 0.5) is 8.78 Å². The van der Waals surface area contributed by atoms with Gasteiger partial charge in [0.15, 0.2) is 5.58 Å². The van der Waals surface area contributed by atoms with Crippen LogP contribution in [0.5, 0.6) is 0 Å². The number of fused-ring (bicyclic) bond motifs is 1. The van der Waals surface area contributed by atoms with Gasteiger partial charge in [0.25, 0.3) is 0 Å². The predicted molar refractivity (Wildman–Crippen MR) is 156 cm³/mol. The average molecular weight is 571 g/mol. The zero-order chi connectivity index (χ0) is 29.5. The molecule has 216 valence electrons. The van der Waals surface area contributed by atoms with Gasteiger partial charge in [-0.25, -0.2) is 13.8 Å². The van der Waals surface area contributed by atoms with E-state index in [1.54, 1.807) is 42.7 Å². The molecular weight excluding hydrogens is 538 g/mol. The molecule has 0 spiro atoms. The van der Waals surface area contributed by atoms with Gasteiger partial charge < -0.3 is 20.2 Å². The lowest BCUT2D eigenvalue weighted by molar-refractivity contribution is -0.122. The Hall–Kier alpha value is -4.47. The third kappa shape index (κ3) is 7.63. The standard InChI is InChI=1S/C33H32F2N4O3/c1-2-21-4-3-5-23(12-21)19-37-20-30(40)28(16-24-13-26(34)18-27(35)14-24)38-32(41)17-22-6-7-31-29(15-22)39-33(42-31)25-8-10-36-11-9-25/h3-15,18,28,30,37,40H,2,16-17,19-20H2,1H3,(H,38,41)/t28-,30-/m0/s1. The fraction of sp³-hybridized carbons (Fsp3) is 0.242. The third-order valence-electron chi connectivity index (χ3n) is 7.01. The number of hydrogen-bond acceptors (Lipinski definition) is 6. The maximum Gasteiger partial charge on any atom is 0.227 e. The van der Waals surface area contributed by atoms with Crippen molar-refractivity contribution >= 4 is 17.0 Å². The Labute approximate surface area is 242 Å². The minimum atomic E-state index is -1.02. The molecule has 3 N–H and O–H groups in total. The molecule has 0 fully saturated rings. The van der Waals surface area contributed by atoms with Crippen molar-refractivity contribution in [2.24, 2.45) is 0 Å². The van der Waals surface area contributed by atoms with Gasteiger partial charge in [0.2, 0.25) is 11.8 Å². The van der Waals surface area contributed by atoms with Crippen molar-refractivity contribution in [3.05, 3.63) is 119 Å². The molecule has 3 aromatic carbocycles. The number of aromatic nitrogens is 2. The number of nitrogens with one attached hydrogen (secondary N) is 2. The zero-order valence-electron chi connectivity index (χ0n) is 23.2. The Kier molecular flexibility index (Phi) is 9.31. The number of hydrogen-bond donors (Lipinski definition) is 3. The fourth-order valence-corrected chi connectivity index (χ4v) is 4.88. The second kappa shape index (κ2) is 13.5. The van der Waals surface area contributed by atoms with Crippen LogP contribution in [0, 0.1) is 11.6 Å². The second-order valence-corrected chi connectivity index (χ2v) is 10.3. The predicted octanol–water partition coefficient (Wildman–Crippen LogP) is 5.15. The number of pyridine rings is 1. The number of aliphatic hydroxyl groups excluding tert-OH is 1. The molecule has 5 rings (SSSR count). The van der Waals surface area contributed by atoms with Crippen LogP contribution in [-0.4, -0.2) is 39.7 Å². The van der Waals surface area contributed by atoms with E-state index in [1.807, 2.05) is 12.1 Å². The highest BCUT2D eigenvalue weighted by Gasteiger charge is 2.23. The number of carbonyl (C=O) groups excluding carboxylic acids is 1. The van der Waals surface area contributed by atoms with Crippen molar-refractivity contribution in [2.45, 2.75) is 44.9 Å². The maximum atomic E-state index is 13.9. The van der Waals surface area contributed by atoms with Crippen molar-refractivity contribution < 1.29 is 23.1 Å². The van der Waals surface area contributed by atoms with Gasteiger partial charge in [-0.2, -0.15) is 0 Å². The molecule has 0 saturated carbocycles. The number of oxazole rings is 1. The summed E-state index contributed by atoms with van der Waals surface area (Å²) < 4.78 is 33.6. The van der Waals surface area contributed by atoms with Crippen LogP contribution in [0.3, 0.4) is 0 Å². The Morgan fingerprint density at radius 3 is 2.45 bits per heavy atom. The largest absolute Gasteiger partial charge is 0.436 e. The molecule has 0 saturated heterocycles. The van der Waals surface area contributed by atoms with Crippen LogP contribution in [0.2, 0.25) is 0 Å². The average Bonchev–Trinajstić information content (AvgIpc) is 3.40. The van der Waals surface area contributed by atoms with Crippen LogP contribution >= 0.6 is 0 Å². The highest BCUT2D eigenvalue weighted by molar-refractivity contribution is 5.82. The molecule has 7 nitrogen and oxygen atoms in total. The maximum absolute atomic E-state index is 13.9. The molecule has 9 heteroatoms. The summed E-state index contributed by atoms with van der Waals surface area (Å²) in [6, 6.07) is 19.5. The lowest BCUT2D eigenvalue weighted by Crippen LogP contribution is -2.49. The number of aliphatic hydroxyl groups is 1. The second-order valence-electron chi connectivity index (χ2n) is 10.3. The molecule has 0 aliphatic heterocycles. The summed E-state index contributed by atoms with van der Waals surface area (Å²) in [4.78, 5) is 21.7. The van der Waals surface area contributed by atoms with Gasteiger partial charge in [-0.3, -0.25) is 9.78 Å². The van der Waals surface area contributed by atoms with Crippen molar-refractivity contribution in [3.63, 3.8) is 0 Å². The minimum Gasteiger partial charge on any atom is -0.436 e. The van der Waals surface area contributed by atoms with Gasteiger partial charge in [-0.1, -0.05) is 37.3 Å². The van der Waals surface area contributed by atoms with Gasteiger partial charge in [0.05, 0.1) is 18.6 Å². The quantitative estimate of drug-likeness (QED) is 0.192. The molecule has 42 heavy (non-hydrogen) atoms. The van der Waals surface area contributed by atoms with Gasteiger partial charge in [-0.05, 0) is 71.5 Å². The van der Waals surface area contributed by atoms with Crippen LogP contribution in [-0.2, 0) is 30.6 Å². The summed E-state index contributed by atoms with van der Waals surface area (Å²) in [5.41, 5.74) is 5.31. The van der Waals surface area contributed by atoms with E-state index in [-0.39, 0.29) is 25.3 Å². The van der Waals surface area contributed by atoms with Crippen molar-refractivity contribution in [1.29, 1.82) is 0 Å². The molecule has 0 bridgehead atoms. The van der Waals surface area contributed by atoms with Gasteiger partial charge >= 0.3 is 0 Å². The SMILES string of the molecule is CCc1cccc(CNC[C@H](O)[C@H](Cc2cc(F)cc(F)c2)NC(=O)Cc2ccc3oc(-c4ccncc4)nc3c2)c1. The number of amides is 1. The first kappa shape index (κ1) is 29.0. The first-order valence-electron chi connectivity index (χ1n) is 13.9. The highest BCUT2D eigenvalue weighted by atomic mass is 19.1. The smallest absolute Gasteiger partial charge is 0.227 e. The number of aryl methyl sites for hydroxylation is 1. The first-order chi connectivity index (χ1) is 20.4. The third-order valence-corrected chi connectivity index (χ3v) is 7.01. The number of carbonyl (C=O) groups is 1. The van der Waals surface area contributed by atoms with Gasteiger partial charge in [0.1, 0.15) is 17.2 Å². The molecule has 0 aliphatic rings. The summed E-state index contributed by atoms with van der Waals surface area (Å²) in [7, 11) is 0. The van der Waals surface area contributed by atoms with Gasteiger partial charge in [0, 0.05) is 37.1 Å². The summed E-state index contributed by atoms with van der Waals surface area (Å²) in [5.74, 6) is -1.33. The van der Waals surface area contributed by atoms with Gasteiger partial charge in [-0.15, -0.1) is 0 Å². The van der Waals surface area contributed by atoms with Crippen molar-refractivity contribution in [2.75, 3.05) is 6.54 Å². The Balaban J connectivity index is 1.27. The van der Waals surface area contributed by atoms with E-state index in [0.29, 0.717) is 34.7 Å². The van der Waals surface area contributed by atoms with E-state index in [1.165, 1.54) is 17.7 Å². The summed E-state index contributed by atoms with van der Waals surface area (Å²) in [6.45, 7) is 2.78. The van der Waals surface area contributed by atoms with E-state index in [2.05, 4.69) is 39.7 Å². The Morgan fingerprint density at radius 1 is 0.929 bits per heavy atom. The molecule has 2 heterocycles. The number of rotatable bonds is 12. The Morgan fingerprint density at radius 2 is 1.69 bits per heavy atom. The monoisotopic (exact) mass is 570 g/mol. The Bertz CT molecular complexity index is 1640. The molecule has 5 aromatic rings. The molecule has 2 aromatic heterocycles. The van der Waals surface area contributed by atoms with Crippen LogP contribution < -0.4 is 10.6 Å². The number of halogens is 2. The highest BCUT2D eigenvalue weighted by Crippen LogP contribution is 2.24. The molecule has 1 amide bonds. The normalized spacial score (nSPS) is 12.8. The van der Waals surface area contributed by atoms with E-state index < -0.39 is 23.8 Å². The van der Waals surface area contributed by atoms with Crippen LogP contribution in [0.25, 0.3) is 22.6 Å². The molecule has 0 radical (unpaired) electrons. The first-order valence-corrected chi connectivity index (χ1v) is 13.9. The lowest BCUT2D eigenvalue weighted by Gasteiger charge is -2.25. The van der Waals surface area contributed by atoms with E-state index >= 15 is 0 Å². The molecule has 0 aliphatic carbocycles. The van der Waals surface area contributed by atoms with E-state index in [9.17, 15) is 18.7 Å². The molecule has 0 unspecified atom stereocenters. The van der Waals surface area contributed by atoms with Crippen LogP contribution in [0.15, 0.2) is 89.6 Å². The van der Waals surface area contributed by atoms with Crippen LogP contribution in [0.1, 0.15) is 29.2 Å². The van der Waals surface area contributed by atoms with E-state index in [0.717, 1.165) is 23.6 Å². The van der Waals surface area contributed by atoms with Crippen molar-refractivity contribution in [1.82, 2.24) is 20.6 Å². The fourth-order valence-electron chi connectivity index (χ4n) is 4.88. The summed E-state index contributed by atoms with van der Waals surface area (Å²) in [5, 5.41) is 17.2. The number of nitrogens with zero attached hydrogens (tertiary/aromatic N) is 2. The topological polar surface area (TPSA) is 100 Å². The zero-order valence-corrected chi connectivity index (χ0v) is 23.2. The molecular formula is C33H32F2N4O3. The molecule has 2 atom stereocenters. The number of benzene rings is 3. The minimum absolute atomic E-state index is 0.0192. The summed E-state index contributed by atoms with van der Waals surface area (Å²) in [6.07, 6.45) is 3.28. The lowest BCUT2D eigenvalue weighted by atomic mass is 10.00. The summed E-state index contributed by atoms with van der Waals surface area (Å²) >= 11 is 0. The van der Waals surface area contributed by atoms with Crippen molar-refractivity contribution in [3.8, 4) is 11.5 Å².